The molecule has 0 aliphatic carbocycles. The minimum atomic E-state index is 0.0801. The van der Waals surface area contributed by atoms with Crippen molar-refractivity contribution in [3.63, 3.8) is 0 Å². The van der Waals surface area contributed by atoms with E-state index in [1.54, 1.807) is 12.0 Å². The van der Waals surface area contributed by atoms with E-state index in [9.17, 15) is 4.79 Å². The number of rotatable bonds is 6. The second-order valence-corrected chi connectivity index (χ2v) is 3.51. The van der Waals surface area contributed by atoms with Gasteiger partial charge in [0.25, 0.3) is 0 Å². The Morgan fingerprint density at radius 3 is 2.93 bits per heavy atom. The number of hydrogen-bond donors (Lipinski definition) is 0. The molecule has 15 heavy (non-hydrogen) atoms. The Labute approximate surface area is 90.5 Å². The molecule has 4 nitrogen and oxygen atoms in total. The summed E-state index contributed by atoms with van der Waals surface area (Å²) in [6, 6.07) is 0. The Morgan fingerprint density at radius 1 is 1.53 bits per heavy atom. The van der Waals surface area contributed by atoms with E-state index in [1.807, 2.05) is 0 Å². The first-order valence-corrected chi connectivity index (χ1v) is 5.08. The molecule has 4 heteroatoms. The fraction of sp³-hybridized carbons (Fsp3) is 0.727. The summed E-state index contributed by atoms with van der Waals surface area (Å²) in [5.41, 5.74) is 0. The first kappa shape index (κ1) is 12.0. The Morgan fingerprint density at radius 2 is 2.33 bits per heavy atom. The minimum Gasteiger partial charge on any atom is -0.382 e. The van der Waals surface area contributed by atoms with Crippen LogP contribution in [0.25, 0.3) is 0 Å². The van der Waals surface area contributed by atoms with Gasteiger partial charge in [-0.25, -0.2) is 0 Å². The van der Waals surface area contributed by atoms with Crippen LogP contribution in [0.1, 0.15) is 6.42 Å². The van der Waals surface area contributed by atoms with E-state index in [2.05, 4.69) is 5.92 Å². The van der Waals surface area contributed by atoms with E-state index >= 15 is 0 Å². The van der Waals surface area contributed by atoms with Crippen LogP contribution in [0, 0.1) is 18.3 Å². The molecular weight excluding hydrogens is 194 g/mol. The second kappa shape index (κ2) is 6.44. The maximum Gasteiger partial charge on any atom is 0.224 e. The average molecular weight is 211 g/mol. The normalized spacial score (nSPS) is 20.7. The van der Waals surface area contributed by atoms with Crippen LogP contribution in [0.15, 0.2) is 0 Å². The van der Waals surface area contributed by atoms with Crippen molar-refractivity contribution in [2.75, 3.05) is 40.0 Å². The van der Waals surface area contributed by atoms with E-state index in [4.69, 9.17) is 15.9 Å². The molecule has 0 radical (unpaired) electrons. The van der Waals surface area contributed by atoms with Gasteiger partial charge in [-0.15, -0.1) is 12.3 Å². The smallest absolute Gasteiger partial charge is 0.224 e. The number of hydrogen-bond acceptors (Lipinski definition) is 3. The molecule has 1 rings (SSSR count). The summed E-state index contributed by atoms with van der Waals surface area (Å²) in [5, 5.41) is 0. The maximum atomic E-state index is 11.4. The highest BCUT2D eigenvalue weighted by atomic mass is 16.5. The van der Waals surface area contributed by atoms with E-state index in [-0.39, 0.29) is 11.8 Å². The number of amides is 1. The molecule has 1 aliphatic rings. The Bertz CT molecular complexity index is 247. The van der Waals surface area contributed by atoms with Gasteiger partial charge in [-0.1, -0.05) is 0 Å². The van der Waals surface area contributed by atoms with Crippen molar-refractivity contribution in [2.24, 2.45) is 5.92 Å². The molecule has 0 N–H and O–H groups in total. The molecule has 0 aromatic carbocycles. The number of ether oxygens (including phenoxy) is 2. The van der Waals surface area contributed by atoms with Crippen molar-refractivity contribution < 1.29 is 14.3 Å². The van der Waals surface area contributed by atoms with Gasteiger partial charge < -0.3 is 14.4 Å². The summed E-state index contributed by atoms with van der Waals surface area (Å²) < 4.78 is 10.1. The van der Waals surface area contributed by atoms with Crippen molar-refractivity contribution >= 4 is 5.91 Å². The lowest BCUT2D eigenvalue weighted by Gasteiger charge is -2.15. The Hall–Kier alpha value is -1.05. The molecule has 1 fully saturated rings. The van der Waals surface area contributed by atoms with Crippen LogP contribution in [0.2, 0.25) is 0 Å². The predicted molar refractivity (Wildman–Crippen MR) is 56.2 cm³/mol. The number of carbonyl (C=O) groups excluding carboxylic acids is 1. The van der Waals surface area contributed by atoms with Gasteiger partial charge in [-0.3, -0.25) is 4.79 Å². The van der Waals surface area contributed by atoms with Gasteiger partial charge in [0.15, 0.2) is 0 Å². The summed E-state index contributed by atoms with van der Waals surface area (Å²) in [4.78, 5) is 13.2. The largest absolute Gasteiger partial charge is 0.382 e. The van der Waals surface area contributed by atoms with Gasteiger partial charge in [-0.2, -0.15) is 0 Å². The van der Waals surface area contributed by atoms with Gasteiger partial charge in [0.1, 0.15) is 0 Å². The molecule has 1 atom stereocenters. The lowest BCUT2D eigenvalue weighted by Crippen LogP contribution is -2.29. The lowest BCUT2D eigenvalue weighted by molar-refractivity contribution is -0.128. The summed E-state index contributed by atoms with van der Waals surface area (Å²) in [7, 11) is 1.63. The Balaban J connectivity index is 2.12. The second-order valence-electron chi connectivity index (χ2n) is 3.51. The SMILES string of the molecule is C#CC1CC(=O)N(CCOCCOC)C1. The highest BCUT2D eigenvalue weighted by Crippen LogP contribution is 2.15. The monoisotopic (exact) mass is 211 g/mol. The van der Waals surface area contributed by atoms with Crippen molar-refractivity contribution in [3.8, 4) is 12.3 Å². The third-order valence-electron chi connectivity index (χ3n) is 2.39. The van der Waals surface area contributed by atoms with E-state index < -0.39 is 0 Å². The van der Waals surface area contributed by atoms with Crippen LogP contribution in [0.4, 0.5) is 0 Å². The molecule has 1 saturated heterocycles. The van der Waals surface area contributed by atoms with Crippen LogP contribution >= 0.6 is 0 Å². The molecule has 0 bridgehead atoms. The van der Waals surface area contributed by atoms with Crippen LogP contribution in [0.5, 0.6) is 0 Å². The summed E-state index contributed by atoms with van der Waals surface area (Å²) in [5.74, 6) is 2.82. The predicted octanol–water partition coefficient (Wildman–Crippen LogP) is 0.131. The highest BCUT2D eigenvalue weighted by Gasteiger charge is 2.27. The quantitative estimate of drug-likeness (QED) is 0.463. The van der Waals surface area contributed by atoms with Gasteiger partial charge in [0.05, 0.1) is 19.8 Å². The Kier molecular flexibility index (Phi) is 5.16. The van der Waals surface area contributed by atoms with Crippen LogP contribution in [0.3, 0.4) is 0 Å². The molecular formula is C11H17NO3. The van der Waals surface area contributed by atoms with Crippen LogP contribution in [-0.2, 0) is 14.3 Å². The van der Waals surface area contributed by atoms with Gasteiger partial charge >= 0.3 is 0 Å². The number of terminal acetylenes is 1. The van der Waals surface area contributed by atoms with E-state index in [0.29, 0.717) is 39.3 Å². The van der Waals surface area contributed by atoms with Crippen LogP contribution < -0.4 is 0 Å². The maximum absolute atomic E-state index is 11.4. The average Bonchev–Trinajstić information content (AvgIpc) is 2.59. The summed E-state index contributed by atoms with van der Waals surface area (Å²) >= 11 is 0. The standard InChI is InChI=1S/C11H17NO3/c1-3-10-8-11(13)12(9-10)4-5-15-7-6-14-2/h1,10H,4-9H2,2H3. The van der Waals surface area contributed by atoms with E-state index in [1.165, 1.54) is 0 Å². The molecule has 0 aromatic rings. The summed E-state index contributed by atoms with van der Waals surface area (Å²) in [6.45, 7) is 2.99. The third-order valence-corrected chi connectivity index (χ3v) is 2.39. The molecule has 1 aliphatic heterocycles. The zero-order chi connectivity index (χ0) is 11.1. The number of likely N-dealkylation sites (tertiary alicyclic amines) is 1. The zero-order valence-corrected chi connectivity index (χ0v) is 9.07. The van der Waals surface area contributed by atoms with Gasteiger partial charge in [0.2, 0.25) is 5.91 Å². The molecule has 1 amide bonds. The van der Waals surface area contributed by atoms with Crippen molar-refractivity contribution in [3.05, 3.63) is 0 Å². The fourth-order valence-electron chi connectivity index (χ4n) is 1.52. The number of carbonyl (C=O) groups is 1. The van der Waals surface area contributed by atoms with E-state index in [0.717, 1.165) is 0 Å². The molecule has 0 aromatic heterocycles. The minimum absolute atomic E-state index is 0.0801. The first-order chi connectivity index (χ1) is 7.27. The summed E-state index contributed by atoms with van der Waals surface area (Å²) in [6.07, 6.45) is 5.76. The van der Waals surface area contributed by atoms with Gasteiger partial charge in [0, 0.05) is 32.5 Å². The zero-order valence-electron chi connectivity index (χ0n) is 9.07. The molecule has 84 valence electrons. The van der Waals surface area contributed by atoms with Crippen molar-refractivity contribution in [1.82, 2.24) is 4.90 Å². The lowest BCUT2D eigenvalue weighted by atomic mass is 10.1. The third kappa shape index (κ3) is 3.90. The van der Waals surface area contributed by atoms with Crippen molar-refractivity contribution in [2.45, 2.75) is 6.42 Å². The molecule has 0 spiro atoms. The topological polar surface area (TPSA) is 38.8 Å². The molecule has 1 unspecified atom stereocenters. The molecule has 0 saturated carbocycles. The first-order valence-electron chi connectivity index (χ1n) is 5.08. The van der Waals surface area contributed by atoms with Gasteiger partial charge in [-0.05, 0) is 0 Å². The number of methoxy groups -OCH3 is 1. The highest BCUT2D eigenvalue weighted by molar-refractivity contribution is 5.79. The van der Waals surface area contributed by atoms with Crippen LogP contribution in [-0.4, -0.2) is 50.8 Å². The fourth-order valence-corrected chi connectivity index (χ4v) is 1.52. The number of nitrogens with zero attached hydrogens (tertiary/aromatic N) is 1. The van der Waals surface area contributed by atoms with Crippen molar-refractivity contribution in [1.29, 1.82) is 0 Å². The molecule has 1 heterocycles.